The highest BCUT2D eigenvalue weighted by molar-refractivity contribution is 9.09. The van der Waals surface area contributed by atoms with Crippen molar-refractivity contribution >= 4 is 15.9 Å². The predicted octanol–water partition coefficient (Wildman–Crippen LogP) is 2.62. The number of aryl methyl sites for hydroxylation is 2. The first-order valence-electron chi connectivity index (χ1n) is 6.60. The molecule has 0 unspecified atom stereocenters. The lowest BCUT2D eigenvalue weighted by Crippen LogP contribution is -2.00. The van der Waals surface area contributed by atoms with Gasteiger partial charge in [-0.2, -0.15) is 4.98 Å². The minimum Gasteiger partial charge on any atom is -0.337 e. The highest BCUT2D eigenvalue weighted by atomic mass is 79.9. The van der Waals surface area contributed by atoms with Crippen LogP contribution in [-0.4, -0.2) is 30.5 Å². The van der Waals surface area contributed by atoms with Crippen LogP contribution < -0.4 is 0 Å². The van der Waals surface area contributed by atoms with Crippen LogP contribution in [0, 0.1) is 6.92 Å². The summed E-state index contributed by atoms with van der Waals surface area (Å²) in [6.07, 6.45) is 2.73. The molecule has 2 aromatic heterocycles. The molecule has 0 aliphatic heterocycles. The number of aromatic nitrogens is 5. The Morgan fingerprint density at radius 3 is 2.95 bits per heavy atom. The van der Waals surface area contributed by atoms with Gasteiger partial charge in [-0.1, -0.05) is 50.6 Å². The number of benzene rings is 1. The number of nitrogens with zero attached hydrogens (tertiary/aromatic N) is 5. The van der Waals surface area contributed by atoms with E-state index in [0.717, 1.165) is 28.6 Å². The van der Waals surface area contributed by atoms with Gasteiger partial charge in [0.25, 0.3) is 0 Å². The minimum absolute atomic E-state index is 0.425. The van der Waals surface area contributed by atoms with Crippen molar-refractivity contribution in [2.75, 3.05) is 5.33 Å². The smallest absolute Gasteiger partial charge is 0.248 e. The summed E-state index contributed by atoms with van der Waals surface area (Å²) >= 11 is 3.38. The molecule has 0 N–H and O–H groups in total. The van der Waals surface area contributed by atoms with Crippen LogP contribution in [0.25, 0.3) is 11.4 Å². The number of alkyl halides is 1. The van der Waals surface area contributed by atoms with Gasteiger partial charge in [-0.05, 0) is 12.5 Å². The summed E-state index contributed by atoms with van der Waals surface area (Å²) in [6, 6.07) is 7.95. The van der Waals surface area contributed by atoms with Crippen LogP contribution in [0.1, 0.15) is 17.1 Å². The molecule has 0 bridgehead atoms. The number of rotatable bonds is 5. The first-order chi connectivity index (χ1) is 10.3. The summed E-state index contributed by atoms with van der Waals surface area (Å²) < 4.78 is 6.99. The van der Waals surface area contributed by atoms with Gasteiger partial charge in [-0.25, -0.2) is 4.68 Å². The van der Waals surface area contributed by atoms with Crippen LogP contribution in [0.2, 0.25) is 0 Å². The molecule has 6 nitrogen and oxygen atoms in total. The fourth-order valence-corrected chi connectivity index (χ4v) is 2.42. The average Bonchev–Trinajstić information content (AvgIpc) is 3.10. The van der Waals surface area contributed by atoms with Crippen molar-refractivity contribution in [2.45, 2.75) is 19.9 Å². The van der Waals surface area contributed by atoms with Crippen LogP contribution in [0.5, 0.6) is 0 Å². The Morgan fingerprint density at radius 2 is 2.14 bits per heavy atom. The third-order valence-corrected chi connectivity index (χ3v) is 3.48. The second-order valence-corrected chi connectivity index (χ2v) is 5.47. The van der Waals surface area contributed by atoms with Gasteiger partial charge >= 0.3 is 0 Å². The molecule has 0 amide bonds. The van der Waals surface area contributed by atoms with Crippen molar-refractivity contribution in [3.05, 3.63) is 47.6 Å². The summed E-state index contributed by atoms with van der Waals surface area (Å²) in [5, 5.41) is 13.0. The Morgan fingerprint density at radius 1 is 1.29 bits per heavy atom. The minimum atomic E-state index is 0.425. The Balaban J connectivity index is 1.77. The van der Waals surface area contributed by atoms with Crippen molar-refractivity contribution in [2.24, 2.45) is 0 Å². The van der Waals surface area contributed by atoms with Gasteiger partial charge in [0.1, 0.15) is 6.54 Å². The Labute approximate surface area is 130 Å². The first kappa shape index (κ1) is 13.9. The second kappa shape index (κ2) is 6.17. The number of hydrogen-bond acceptors (Lipinski definition) is 5. The third kappa shape index (κ3) is 3.18. The molecule has 0 radical (unpaired) electrons. The molecule has 7 heteroatoms. The largest absolute Gasteiger partial charge is 0.337 e. The Bertz CT molecular complexity index is 736. The van der Waals surface area contributed by atoms with Gasteiger partial charge < -0.3 is 4.52 Å². The number of halogens is 1. The van der Waals surface area contributed by atoms with E-state index < -0.39 is 0 Å². The molecule has 108 valence electrons. The van der Waals surface area contributed by atoms with E-state index in [-0.39, 0.29) is 0 Å². The molecule has 0 fully saturated rings. The molecule has 3 aromatic rings. The zero-order valence-electron chi connectivity index (χ0n) is 11.5. The molecule has 0 saturated heterocycles. The normalized spacial score (nSPS) is 11.0. The van der Waals surface area contributed by atoms with Crippen molar-refractivity contribution in [3.63, 3.8) is 0 Å². The fraction of sp³-hybridized carbons (Fsp3) is 0.286. The molecule has 2 heterocycles. The average molecular weight is 348 g/mol. The summed E-state index contributed by atoms with van der Waals surface area (Å²) in [5.74, 6) is 1.12. The third-order valence-electron chi connectivity index (χ3n) is 3.09. The summed E-state index contributed by atoms with van der Waals surface area (Å²) in [6.45, 7) is 2.45. The quantitative estimate of drug-likeness (QED) is 0.663. The monoisotopic (exact) mass is 347 g/mol. The zero-order valence-corrected chi connectivity index (χ0v) is 13.1. The van der Waals surface area contributed by atoms with Gasteiger partial charge in [0, 0.05) is 23.5 Å². The van der Waals surface area contributed by atoms with E-state index in [9.17, 15) is 0 Å². The predicted molar refractivity (Wildman–Crippen MR) is 81.1 cm³/mol. The van der Waals surface area contributed by atoms with Crippen LogP contribution >= 0.6 is 15.9 Å². The Kier molecular flexibility index (Phi) is 4.10. The second-order valence-electron chi connectivity index (χ2n) is 4.67. The van der Waals surface area contributed by atoms with Gasteiger partial charge in [-0.3, -0.25) is 0 Å². The maximum Gasteiger partial charge on any atom is 0.248 e. The lowest BCUT2D eigenvalue weighted by atomic mass is 10.1. The van der Waals surface area contributed by atoms with E-state index in [2.05, 4.69) is 36.4 Å². The van der Waals surface area contributed by atoms with E-state index in [4.69, 9.17) is 4.52 Å². The van der Waals surface area contributed by atoms with Crippen LogP contribution in [-0.2, 0) is 13.0 Å². The van der Waals surface area contributed by atoms with Gasteiger partial charge in [0.05, 0.1) is 5.69 Å². The zero-order chi connectivity index (χ0) is 14.7. The standard InChI is InChI=1S/C14H14BrN5O/c1-10-4-2-3-5-12(10)14-16-13(21-18-14)9-20-8-11(6-7-15)17-19-20/h2-5,8H,6-7,9H2,1H3. The molecule has 0 saturated carbocycles. The maximum absolute atomic E-state index is 5.29. The van der Waals surface area contributed by atoms with E-state index in [1.807, 2.05) is 37.4 Å². The molecule has 3 rings (SSSR count). The summed E-state index contributed by atoms with van der Waals surface area (Å²) in [4.78, 5) is 4.42. The van der Waals surface area contributed by atoms with Crippen LogP contribution in [0.15, 0.2) is 35.0 Å². The van der Waals surface area contributed by atoms with Crippen molar-refractivity contribution in [1.29, 1.82) is 0 Å². The molecule has 21 heavy (non-hydrogen) atoms. The summed E-state index contributed by atoms with van der Waals surface area (Å²) in [5.41, 5.74) is 3.03. The molecule has 1 aromatic carbocycles. The van der Waals surface area contributed by atoms with Gasteiger partial charge in [0.15, 0.2) is 0 Å². The van der Waals surface area contributed by atoms with Crippen molar-refractivity contribution in [3.8, 4) is 11.4 Å². The molecule has 0 spiro atoms. The molecule has 0 atom stereocenters. The van der Waals surface area contributed by atoms with Gasteiger partial charge in [0.2, 0.25) is 11.7 Å². The molecular formula is C14H14BrN5O. The number of hydrogen-bond donors (Lipinski definition) is 0. The van der Waals surface area contributed by atoms with E-state index in [0.29, 0.717) is 18.3 Å². The van der Waals surface area contributed by atoms with E-state index in [1.165, 1.54) is 0 Å². The highest BCUT2D eigenvalue weighted by Crippen LogP contribution is 2.19. The van der Waals surface area contributed by atoms with Crippen molar-refractivity contribution in [1.82, 2.24) is 25.1 Å². The molecule has 0 aliphatic carbocycles. The topological polar surface area (TPSA) is 69.6 Å². The lowest BCUT2D eigenvalue weighted by molar-refractivity contribution is 0.364. The van der Waals surface area contributed by atoms with Gasteiger partial charge in [-0.15, -0.1) is 5.10 Å². The lowest BCUT2D eigenvalue weighted by Gasteiger charge is -1.98. The van der Waals surface area contributed by atoms with Crippen LogP contribution in [0.3, 0.4) is 0 Å². The maximum atomic E-state index is 5.29. The van der Waals surface area contributed by atoms with E-state index in [1.54, 1.807) is 4.68 Å². The SMILES string of the molecule is Cc1ccccc1-c1noc(Cn2cc(CCBr)nn2)n1. The molecule has 0 aliphatic rings. The fourth-order valence-electron chi connectivity index (χ4n) is 2.02. The van der Waals surface area contributed by atoms with E-state index >= 15 is 0 Å². The highest BCUT2D eigenvalue weighted by Gasteiger charge is 2.11. The Hall–Kier alpha value is -2.02. The molecular weight excluding hydrogens is 334 g/mol. The van der Waals surface area contributed by atoms with Crippen LogP contribution in [0.4, 0.5) is 0 Å². The van der Waals surface area contributed by atoms with Crippen molar-refractivity contribution < 1.29 is 4.52 Å². The first-order valence-corrected chi connectivity index (χ1v) is 7.72. The summed E-state index contributed by atoms with van der Waals surface area (Å²) in [7, 11) is 0.